The van der Waals surface area contributed by atoms with Crippen molar-refractivity contribution in [2.45, 2.75) is 6.04 Å². The Labute approximate surface area is 177 Å². The van der Waals surface area contributed by atoms with E-state index < -0.39 is 12.1 Å². The molecule has 0 aromatic heterocycles. The summed E-state index contributed by atoms with van der Waals surface area (Å²) in [5.41, 5.74) is 1.88. The van der Waals surface area contributed by atoms with Crippen molar-refractivity contribution < 1.29 is 14.3 Å². The second-order valence-corrected chi connectivity index (χ2v) is 7.09. The molecule has 6 nitrogen and oxygen atoms in total. The fraction of sp³-hybridized carbons (Fsp3) is 0.0909. The summed E-state index contributed by atoms with van der Waals surface area (Å²) in [5, 5.41) is 8.31. The Kier molecular flexibility index (Phi) is 6.86. The molecule has 148 valence electrons. The quantitative estimate of drug-likeness (QED) is 0.493. The van der Waals surface area contributed by atoms with Gasteiger partial charge in [-0.3, -0.25) is 4.79 Å². The molecule has 3 N–H and O–H groups in total. The van der Waals surface area contributed by atoms with E-state index in [0.29, 0.717) is 22.7 Å². The van der Waals surface area contributed by atoms with Crippen LogP contribution in [0.1, 0.15) is 11.6 Å². The Morgan fingerprint density at radius 1 is 0.862 bits per heavy atom. The molecule has 0 spiro atoms. The molecule has 0 saturated heterocycles. The summed E-state index contributed by atoms with van der Waals surface area (Å²) in [4.78, 5) is 25.4. The highest BCUT2D eigenvalue weighted by Crippen LogP contribution is 2.20. The predicted octanol–water partition coefficient (Wildman–Crippen LogP) is 4.96. The zero-order chi connectivity index (χ0) is 20.6. The molecule has 0 heterocycles. The van der Waals surface area contributed by atoms with Crippen LogP contribution in [0.2, 0.25) is 0 Å². The molecule has 0 unspecified atom stereocenters. The molecular formula is C22H20BrN3O3. The maximum atomic E-state index is 12.9. The molecule has 0 aliphatic heterocycles. The van der Waals surface area contributed by atoms with Gasteiger partial charge in [-0.1, -0.05) is 52.3 Å². The molecule has 7 heteroatoms. The van der Waals surface area contributed by atoms with Gasteiger partial charge in [-0.05, 0) is 48.0 Å². The zero-order valence-corrected chi connectivity index (χ0v) is 17.3. The summed E-state index contributed by atoms with van der Waals surface area (Å²) in [5.74, 6) is 0.339. The first-order valence-electron chi connectivity index (χ1n) is 8.88. The van der Waals surface area contributed by atoms with Crippen LogP contribution in [0.25, 0.3) is 0 Å². The number of nitrogens with one attached hydrogen (secondary N) is 3. The van der Waals surface area contributed by atoms with Crippen molar-refractivity contribution in [1.29, 1.82) is 0 Å². The van der Waals surface area contributed by atoms with Crippen LogP contribution >= 0.6 is 15.9 Å². The Morgan fingerprint density at radius 2 is 1.59 bits per heavy atom. The highest BCUT2D eigenvalue weighted by Gasteiger charge is 2.23. The standard InChI is InChI=1S/C22H20BrN3O3/c1-29-19-12-10-17(11-13-19)25-22(28)26-20(15-6-3-2-4-7-15)21(27)24-18-9-5-8-16(23)14-18/h2-14,20H,1H3,(H,24,27)(H2,25,26,28)/t20-/m1/s1. The van der Waals surface area contributed by atoms with E-state index in [1.165, 1.54) is 0 Å². The molecule has 0 bridgehead atoms. The van der Waals surface area contributed by atoms with Crippen molar-refractivity contribution in [2.75, 3.05) is 17.7 Å². The SMILES string of the molecule is COc1ccc(NC(=O)N[C@@H](C(=O)Nc2cccc(Br)c2)c2ccccc2)cc1. The molecular weight excluding hydrogens is 434 g/mol. The maximum Gasteiger partial charge on any atom is 0.320 e. The molecule has 0 aliphatic rings. The van der Waals surface area contributed by atoms with Crippen LogP contribution in [0, 0.1) is 0 Å². The number of hydrogen-bond donors (Lipinski definition) is 3. The van der Waals surface area contributed by atoms with E-state index in [1.54, 1.807) is 55.6 Å². The number of ether oxygens (including phenoxy) is 1. The van der Waals surface area contributed by atoms with E-state index >= 15 is 0 Å². The summed E-state index contributed by atoms with van der Waals surface area (Å²) in [6.45, 7) is 0. The topological polar surface area (TPSA) is 79.5 Å². The summed E-state index contributed by atoms with van der Waals surface area (Å²) in [6.07, 6.45) is 0. The minimum Gasteiger partial charge on any atom is -0.497 e. The Hall–Kier alpha value is -3.32. The molecule has 0 fully saturated rings. The molecule has 3 amide bonds. The van der Waals surface area contributed by atoms with Crippen molar-refractivity contribution in [3.05, 3.63) is 88.9 Å². The summed E-state index contributed by atoms with van der Waals surface area (Å²) < 4.78 is 5.95. The number of amides is 3. The van der Waals surface area contributed by atoms with Gasteiger partial charge in [-0.15, -0.1) is 0 Å². The van der Waals surface area contributed by atoms with Crippen molar-refractivity contribution in [3.8, 4) is 5.75 Å². The third-order valence-electron chi connectivity index (χ3n) is 4.11. The smallest absolute Gasteiger partial charge is 0.320 e. The van der Waals surface area contributed by atoms with Crippen LogP contribution < -0.4 is 20.7 Å². The number of hydrogen-bond acceptors (Lipinski definition) is 3. The lowest BCUT2D eigenvalue weighted by atomic mass is 10.1. The van der Waals surface area contributed by atoms with Crippen LogP contribution in [0.15, 0.2) is 83.3 Å². The van der Waals surface area contributed by atoms with Gasteiger partial charge in [0.05, 0.1) is 7.11 Å². The van der Waals surface area contributed by atoms with Crippen molar-refractivity contribution in [2.24, 2.45) is 0 Å². The number of carbonyl (C=O) groups excluding carboxylic acids is 2. The maximum absolute atomic E-state index is 12.9. The molecule has 0 saturated carbocycles. The number of methoxy groups -OCH3 is 1. The Bertz CT molecular complexity index is 978. The average Bonchev–Trinajstić information content (AvgIpc) is 2.73. The molecule has 3 rings (SSSR count). The van der Waals surface area contributed by atoms with E-state index in [1.807, 2.05) is 30.3 Å². The monoisotopic (exact) mass is 453 g/mol. The molecule has 0 radical (unpaired) electrons. The van der Waals surface area contributed by atoms with Gasteiger partial charge >= 0.3 is 6.03 Å². The fourth-order valence-corrected chi connectivity index (χ4v) is 3.10. The van der Waals surface area contributed by atoms with Crippen LogP contribution in [0.4, 0.5) is 16.2 Å². The molecule has 0 aliphatic carbocycles. The minimum absolute atomic E-state index is 0.348. The number of carbonyl (C=O) groups is 2. The predicted molar refractivity (Wildman–Crippen MR) is 117 cm³/mol. The second kappa shape index (κ2) is 9.75. The zero-order valence-electron chi connectivity index (χ0n) is 15.7. The first kappa shape index (κ1) is 20.4. The number of rotatable bonds is 6. The molecule has 3 aromatic rings. The molecule has 29 heavy (non-hydrogen) atoms. The Morgan fingerprint density at radius 3 is 2.24 bits per heavy atom. The average molecular weight is 454 g/mol. The summed E-state index contributed by atoms with van der Waals surface area (Å²) >= 11 is 3.38. The van der Waals surface area contributed by atoms with Crippen LogP contribution in [0.3, 0.4) is 0 Å². The third kappa shape index (κ3) is 5.83. The van der Waals surface area contributed by atoms with Gasteiger partial charge in [0.15, 0.2) is 0 Å². The number of urea groups is 1. The van der Waals surface area contributed by atoms with Crippen LogP contribution in [0.5, 0.6) is 5.75 Å². The lowest BCUT2D eigenvalue weighted by Gasteiger charge is -2.19. The molecule has 3 aromatic carbocycles. The van der Waals surface area contributed by atoms with E-state index in [9.17, 15) is 9.59 Å². The highest BCUT2D eigenvalue weighted by atomic mass is 79.9. The normalized spacial score (nSPS) is 11.2. The number of benzene rings is 3. The van der Waals surface area contributed by atoms with Gasteiger partial charge in [0, 0.05) is 15.8 Å². The van der Waals surface area contributed by atoms with Gasteiger partial charge in [0.2, 0.25) is 0 Å². The van der Waals surface area contributed by atoms with Crippen molar-refractivity contribution >= 4 is 39.2 Å². The van der Waals surface area contributed by atoms with Crippen molar-refractivity contribution in [3.63, 3.8) is 0 Å². The fourth-order valence-electron chi connectivity index (χ4n) is 2.70. The highest BCUT2D eigenvalue weighted by molar-refractivity contribution is 9.10. The number of anilines is 2. The van der Waals surface area contributed by atoms with Crippen LogP contribution in [-0.2, 0) is 4.79 Å². The van der Waals surface area contributed by atoms with E-state index in [-0.39, 0.29) is 5.91 Å². The lowest BCUT2D eigenvalue weighted by molar-refractivity contribution is -0.118. The summed E-state index contributed by atoms with van der Waals surface area (Å²) in [6, 6.07) is 21.9. The minimum atomic E-state index is -0.867. The van der Waals surface area contributed by atoms with E-state index in [2.05, 4.69) is 31.9 Å². The van der Waals surface area contributed by atoms with Crippen molar-refractivity contribution in [1.82, 2.24) is 5.32 Å². The number of halogens is 1. The van der Waals surface area contributed by atoms with E-state index in [0.717, 1.165) is 4.47 Å². The van der Waals surface area contributed by atoms with Gasteiger partial charge in [-0.25, -0.2) is 4.79 Å². The second-order valence-electron chi connectivity index (χ2n) is 6.17. The Balaban J connectivity index is 1.74. The van der Waals surface area contributed by atoms with Gasteiger partial charge in [0.25, 0.3) is 5.91 Å². The van der Waals surface area contributed by atoms with Crippen LogP contribution in [-0.4, -0.2) is 19.0 Å². The first-order valence-corrected chi connectivity index (χ1v) is 9.67. The van der Waals surface area contributed by atoms with Gasteiger partial charge in [-0.2, -0.15) is 0 Å². The van der Waals surface area contributed by atoms with E-state index in [4.69, 9.17) is 4.74 Å². The third-order valence-corrected chi connectivity index (χ3v) is 4.60. The van der Waals surface area contributed by atoms with Gasteiger partial charge < -0.3 is 20.7 Å². The summed E-state index contributed by atoms with van der Waals surface area (Å²) in [7, 11) is 1.57. The lowest BCUT2D eigenvalue weighted by Crippen LogP contribution is -2.39. The largest absolute Gasteiger partial charge is 0.497 e. The first-order chi connectivity index (χ1) is 14.0. The molecule has 1 atom stereocenters. The van der Waals surface area contributed by atoms with Gasteiger partial charge in [0.1, 0.15) is 11.8 Å².